The van der Waals surface area contributed by atoms with Gasteiger partial charge in [-0.1, -0.05) is 78.3 Å². The average Bonchev–Trinajstić information content (AvgIpc) is 2.87. The number of ether oxygens (including phenoxy) is 3. The molecule has 2 saturated carbocycles. The van der Waals surface area contributed by atoms with Crippen molar-refractivity contribution in [2.45, 2.75) is 126 Å². The molecule has 0 amide bonds. The molecule has 4 unspecified atom stereocenters. The number of benzene rings is 1. The lowest BCUT2D eigenvalue weighted by atomic mass is 9.71. The smallest absolute Gasteiger partial charge is 0.0718 e. The van der Waals surface area contributed by atoms with Crippen LogP contribution in [0.3, 0.4) is 0 Å². The number of rotatable bonds is 11. The summed E-state index contributed by atoms with van der Waals surface area (Å²) in [4.78, 5) is 0. The second-order valence-corrected chi connectivity index (χ2v) is 12.8. The van der Waals surface area contributed by atoms with Gasteiger partial charge in [-0.05, 0) is 87.5 Å². The average molecular weight is 555 g/mol. The van der Waals surface area contributed by atoms with E-state index in [9.17, 15) is 0 Å². The first-order chi connectivity index (χ1) is 18.0. The molecule has 5 nitrogen and oxygen atoms in total. The third kappa shape index (κ3) is 17.4. The Morgan fingerprint density at radius 1 is 0.821 bits per heavy atom. The number of aliphatic hydroxyl groups is 2. The van der Waals surface area contributed by atoms with E-state index in [-0.39, 0.29) is 22.1 Å². The van der Waals surface area contributed by atoms with Crippen molar-refractivity contribution >= 4 is 0 Å². The number of hydrogen-bond donors (Lipinski definition) is 2. The quantitative estimate of drug-likeness (QED) is 0.269. The zero-order valence-electron chi connectivity index (χ0n) is 25.7. The van der Waals surface area contributed by atoms with Gasteiger partial charge in [-0.3, -0.25) is 0 Å². The van der Waals surface area contributed by atoms with Crippen LogP contribution in [0.2, 0.25) is 0 Å². The molecule has 0 heterocycles. The maximum atomic E-state index is 8.69. The highest BCUT2D eigenvalue weighted by molar-refractivity contribution is 5.13. The predicted octanol–water partition coefficient (Wildman–Crippen LogP) is 8.31. The van der Waals surface area contributed by atoms with Crippen LogP contribution in [0.1, 0.15) is 114 Å². The second kappa shape index (κ2) is 20.8. The first-order valence-corrected chi connectivity index (χ1v) is 15.1. The fourth-order valence-electron chi connectivity index (χ4n) is 5.88. The van der Waals surface area contributed by atoms with Gasteiger partial charge in [-0.25, -0.2) is 0 Å². The van der Waals surface area contributed by atoms with Crippen LogP contribution in [-0.4, -0.2) is 55.5 Å². The van der Waals surface area contributed by atoms with Crippen LogP contribution in [0.15, 0.2) is 30.3 Å². The van der Waals surface area contributed by atoms with Crippen LogP contribution >= 0.6 is 0 Å². The first-order valence-electron chi connectivity index (χ1n) is 15.1. The van der Waals surface area contributed by atoms with Gasteiger partial charge in [-0.2, -0.15) is 0 Å². The van der Waals surface area contributed by atoms with E-state index in [0.29, 0.717) is 61.3 Å². The summed E-state index contributed by atoms with van der Waals surface area (Å²) in [5.74, 6) is 1.40. The van der Waals surface area contributed by atoms with Gasteiger partial charge in [0, 0.05) is 8.03 Å². The van der Waals surface area contributed by atoms with Crippen molar-refractivity contribution < 1.29 is 25.9 Å². The summed E-state index contributed by atoms with van der Waals surface area (Å²) in [5, 5.41) is 16.3. The van der Waals surface area contributed by atoms with Crippen molar-refractivity contribution in [3.05, 3.63) is 35.9 Å². The van der Waals surface area contributed by atoms with Gasteiger partial charge in [0.2, 0.25) is 0 Å². The molecule has 39 heavy (non-hydrogen) atoms. The van der Waals surface area contributed by atoms with Crippen molar-refractivity contribution in [1.29, 1.82) is 0 Å². The predicted molar refractivity (Wildman–Crippen MR) is 167 cm³/mol. The molecule has 2 fully saturated rings. The van der Waals surface area contributed by atoms with Crippen molar-refractivity contribution in [2.24, 2.45) is 22.7 Å². The van der Waals surface area contributed by atoms with Gasteiger partial charge in [0.15, 0.2) is 0 Å². The topological polar surface area (TPSA) is 68.2 Å². The Bertz CT molecular complexity index is 697. The van der Waals surface area contributed by atoms with Gasteiger partial charge in [-0.15, -0.1) is 0 Å². The molecule has 2 N–H and O–H groups in total. The van der Waals surface area contributed by atoms with E-state index >= 15 is 0 Å². The normalized spacial score (nSPS) is 23.1. The Hall–Kier alpha value is -0.980. The summed E-state index contributed by atoms with van der Waals surface area (Å²) in [6, 6.07) is 10.3. The van der Waals surface area contributed by atoms with Gasteiger partial charge in [0.25, 0.3) is 0 Å². The van der Waals surface area contributed by atoms with Crippen LogP contribution in [0.25, 0.3) is 0 Å². The summed E-state index contributed by atoms with van der Waals surface area (Å²) < 4.78 is 17.2. The van der Waals surface area contributed by atoms with E-state index in [1.165, 1.54) is 56.9 Å². The van der Waals surface area contributed by atoms with Gasteiger partial charge < -0.3 is 24.4 Å². The maximum absolute atomic E-state index is 8.69. The highest BCUT2D eigenvalue weighted by atomic mass is 16.5. The molecule has 0 radical (unpaired) electrons. The highest BCUT2D eigenvalue weighted by Crippen LogP contribution is 2.41. The Morgan fingerprint density at radius 2 is 1.28 bits per heavy atom. The first kappa shape index (κ1) is 38.0. The third-order valence-corrected chi connectivity index (χ3v) is 8.01. The van der Waals surface area contributed by atoms with Crippen molar-refractivity contribution in [3.63, 3.8) is 0 Å². The van der Waals surface area contributed by atoms with E-state index in [0.717, 1.165) is 0 Å². The fourth-order valence-corrected chi connectivity index (χ4v) is 5.88. The molecular formula is C34H66O5. The van der Waals surface area contributed by atoms with Gasteiger partial charge >= 0.3 is 0 Å². The van der Waals surface area contributed by atoms with E-state index in [1.54, 1.807) is 6.92 Å². The Kier molecular flexibility index (Phi) is 20.3. The minimum absolute atomic E-state index is 0. The summed E-state index contributed by atoms with van der Waals surface area (Å²) in [6.07, 6.45) is 11.2. The molecule has 1 aromatic carbocycles. The molecule has 5 heteroatoms. The fraction of sp³-hybridized carbons (Fsp3) is 0.824. The number of aliphatic hydroxyl groups excluding tert-OH is 2. The van der Waals surface area contributed by atoms with Gasteiger partial charge in [0.1, 0.15) is 0 Å². The largest absolute Gasteiger partial charge is 0.397 e. The van der Waals surface area contributed by atoms with Crippen molar-refractivity contribution in [3.8, 4) is 0 Å². The van der Waals surface area contributed by atoms with Gasteiger partial charge in [0.05, 0.1) is 45.2 Å². The molecule has 2 aliphatic carbocycles. The number of hydrogen-bond acceptors (Lipinski definition) is 5. The monoisotopic (exact) mass is 554 g/mol. The standard InChI is InChI=1S/C19H30O2.C12H24O2.C2H6O.CH4.H2/c1-16(18-10-7-11-19(2,3)14-18)21-13-12-20-15-17-8-5-4-6-9-17;1-10(14-8-7-13)11-5-4-6-12(2,3)9-11;1-2-3;;/h4-6,8-9,16,18H,7,10-15H2,1-3H3;10-11,13H,4-9H2,1-3H3;3H,2H2,1H3;1H4;1H. The minimum atomic E-state index is 0. The molecule has 1 aromatic rings. The summed E-state index contributed by atoms with van der Waals surface area (Å²) in [5.41, 5.74) is 2.20. The van der Waals surface area contributed by atoms with Crippen molar-refractivity contribution in [2.75, 3.05) is 33.0 Å². The second-order valence-electron chi connectivity index (χ2n) is 12.8. The molecule has 0 bridgehead atoms. The molecule has 0 aliphatic heterocycles. The van der Waals surface area contributed by atoms with Crippen LogP contribution in [0.5, 0.6) is 0 Å². The van der Waals surface area contributed by atoms with Crippen LogP contribution in [-0.2, 0) is 20.8 Å². The lowest BCUT2D eigenvalue weighted by Crippen LogP contribution is -2.31. The molecule has 232 valence electrons. The van der Waals surface area contributed by atoms with Crippen LogP contribution in [0, 0.1) is 22.7 Å². The zero-order valence-corrected chi connectivity index (χ0v) is 25.7. The molecule has 3 rings (SSSR count). The van der Waals surface area contributed by atoms with E-state index in [1.807, 2.05) is 18.2 Å². The molecule has 2 aliphatic rings. The van der Waals surface area contributed by atoms with E-state index in [2.05, 4.69) is 53.7 Å². The Labute approximate surface area is 243 Å². The Morgan fingerprint density at radius 3 is 1.72 bits per heavy atom. The minimum Gasteiger partial charge on any atom is -0.397 e. The molecule has 0 aromatic heterocycles. The van der Waals surface area contributed by atoms with Crippen LogP contribution < -0.4 is 0 Å². The summed E-state index contributed by atoms with van der Waals surface area (Å²) in [6.45, 7) is 18.4. The van der Waals surface area contributed by atoms with E-state index in [4.69, 9.17) is 24.4 Å². The lowest BCUT2D eigenvalue weighted by Gasteiger charge is -2.37. The maximum Gasteiger partial charge on any atom is 0.0718 e. The van der Waals surface area contributed by atoms with Crippen molar-refractivity contribution in [1.82, 2.24) is 0 Å². The summed E-state index contributed by atoms with van der Waals surface area (Å²) >= 11 is 0. The molecule has 4 atom stereocenters. The zero-order chi connectivity index (χ0) is 28.4. The Balaban J connectivity index is 0. The highest BCUT2D eigenvalue weighted by Gasteiger charge is 2.32. The third-order valence-electron chi connectivity index (χ3n) is 8.01. The van der Waals surface area contributed by atoms with Crippen LogP contribution in [0.4, 0.5) is 0 Å². The molecular weight excluding hydrogens is 488 g/mol. The molecule has 0 spiro atoms. The summed E-state index contributed by atoms with van der Waals surface area (Å²) in [7, 11) is 0. The lowest BCUT2D eigenvalue weighted by molar-refractivity contribution is -0.0344. The SMILES string of the molecule is C.CC(OCCO)C1CCCC(C)(C)C1.CC(OCCOCc1ccccc1)C1CCCC(C)(C)C1.CCO.[HH]. The molecule has 0 saturated heterocycles. The van der Waals surface area contributed by atoms with E-state index < -0.39 is 0 Å².